The van der Waals surface area contributed by atoms with Crippen molar-refractivity contribution in [3.63, 3.8) is 0 Å². The maximum Gasteiger partial charge on any atom is 0.240 e. The number of alkyl halides is 1. The van der Waals surface area contributed by atoms with Crippen molar-refractivity contribution in [1.82, 2.24) is 15.4 Å². The van der Waals surface area contributed by atoms with Crippen LogP contribution in [0.3, 0.4) is 0 Å². The van der Waals surface area contributed by atoms with Crippen molar-refractivity contribution in [2.24, 2.45) is 0 Å². The Hall–Kier alpha value is -3.01. The second kappa shape index (κ2) is 8.74. The van der Waals surface area contributed by atoms with Crippen molar-refractivity contribution in [3.8, 4) is 0 Å². The van der Waals surface area contributed by atoms with Gasteiger partial charge in [-0.2, -0.15) is 0 Å². The van der Waals surface area contributed by atoms with Crippen LogP contribution in [-0.4, -0.2) is 72.6 Å². The monoisotopic (exact) mass is 454 g/mol. The number of halogens is 1. The maximum atomic E-state index is 16.7. The van der Waals surface area contributed by atoms with E-state index in [1.165, 1.54) is 19.1 Å². The first-order valence-electron chi connectivity index (χ1n) is 11.1. The maximum absolute atomic E-state index is 16.7. The van der Waals surface area contributed by atoms with Crippen molar-refractivity contribution in [2.45, 2.75) is 24.7 Å². The number of ether oxygens (including phenoxy) is 1. The average molecular weight is 455 g/mol. The summed E-state index contributed by atoms with van der Waals surface area (Å²) in [6.07, 6.45) is 1.49. The number of benzene rings is 1. The van der Waals surface area contributed by atoms with Crippen LogP contribution < -0.4 is 10.2 Å². The number of piperazine rings is 1. The van der Waals surface area contributed by atoms with Crippen LogP contribution in [0.5, 0.6) is 0 Å². The molecule has 2 aliphatic heterocycles. The molecule has 0 saturated carbocycles. The number of carbonyl (C=O) groups excluding carboxylic acids is 1. The molecule has 33 heavy (non-hydrogen) atoms. The van der Waals surface area contributed by atoms with Gasteiger partial charge >= 0.3 is 0 Å². The van der Waals surface area contributed by atoms with Crippen molar-refractivity contribution < 1.29 is 23.6 Å². The minimum Gasteiger partial charge on any atom is -0.384 e. The number of aliphatic hydroxyl groups is 1. The highest BCUT2D eigenvalue weighted by Crippen LogP contribution is 2.45. The molecule has 2 fully saturated rings. The SMILES string of the molecule is CC(=O)NC1=CC=C(c2ccccc2)C(O)C1(F)c1cc(N2CCN(C3COC3)CC2)no1. The van der Waals surface area contributed by atoms with Crippen LogP contribution in [0.4, 0.5) is 10.2 Å². The first-order valence-corrected chi connectivity index (χ1v) is 11.1. The van der Waals surface area contributed by atoms with Crippen LogP contribution in [0.1, 0.15) is 18.2 Å². The van der Waals surface area contributed by atoms with Crippen LogP contribution in [0.15, 0.2) is 58.8 Å². The third-order valence-corrected chi connectivity index (χ3v) is 6.54. The van der Waals surface area contributed by atoms with E-state index < -0.39 is 17.7 Å². The molecule has 0 spiro atoms. The lowest BCUT2D eigenvalue weighted by Crippen LogP contribution is -2.56. The molecule has 8 nitrogen and oxygen atoms in total. The van der Waals surface area contributed by atoms with E-state index in [9.17, 15) is 9.90 Å². The molecule has 2 atom stereocenters. The number of nitrogens with one attached hydrogen (secondary N) is 1. The quantitative estimate of drug-likeness (QED) is 0.712. The highest BCUT2D eigenvalue weighted by atomic mass is 19.1. The number of hydrogen-bond donors (Lipinski definition) is 2. The second-order valence-electron chi connectivity index (χ2n) is 8.63. The van der Waals surface area contributed by atoms with Gasteiger partial charge in [0.1, 0.15) is 6.10 Å². The summed E-state index contributed by atoms with van der Waals surface area (Å²) in [6.45, 7) is 6.01. The molecule has 2 unspecified atom stereocenters. The van der Waals surface area contributed by atoms with Crippen LogP contribution in [0, 0.1) is 0 Å². The Kier molecular flexibility index (Phi) is 5.77. The van der Waals surface area contributed by atoms with Crippen LogP contribution in [0.2, 0.25) is 0 Å². The lowest BCUT2D eigenvalue weighted by Gasteiger charge is -2.42. The molecule has 174 valence electrons. The van der Waals surface area contributed by atoms with E-state index in [2.05, 4.69) is 15.4 Å². The molecule has 5 rings (SSSR count). The number of carbonyl (C=O) groups is 1. The van der Waals surface area contributed by atoms with Gasteiger partial charge in [0, 0.05) is 39.2 Å². The van der Waals surface area contributed by atoms with Crippen molar-refractivity contribution in [1.29, 1.82) is 0 Å². The fourth-order valence-corrected chi connectivity index (χ4v) is 4.56. The molecule has 1 aromatic heterocycles. The van der Waals surface area contributed by atoms with Gasteiger partial charge in [0.15, 0.2) is 11.6 Å². The molecule has 0 bridgehead atoms. The van der Waals surface area contributed by atoms with Crippen molar-refractivity contribution in [2.75, 3.05) is 44.3 Å². The number of aliphatic hydroxyl groups excluding tert-OH is 1. The van der Waals surface area contributed by atoms with Gasteiger partial charge in [-0.3, -0.25) is 9.69 Å². The van der Waals surface area contributed by atoms with E-state index in [0.717, 1.165) is 39.4 Å². The zero-order chi connectivity index (χ0) is 23.0. The zero-order valence-electron chi connectivity index (χ0n) is 18.4. The molecular formula is C24H27FN4O4. The fourth-order valence-electron chi connectivity index (χ4n) is 4.56. The van der Waals surface area contributed by atoms with Crippen molar-refractivity contribution >= 4 is 17.3 Å². The number of anilines is 1. The van der Waals surface area contributed by atoms with Gasteiger partial charge in [-0.15, -0.1) is 0 Å². The Morgan fingerprint density at radius 2 is 1.91 bits per heavy atom. The van der Waals surface area contributed by atoms with E-state index in [0.29, 0.717) is 23.0 Å². The summed E-state index contributed by atoms with van der Waals surface area (Å²) in [5.74, 6) is -0.0825. The van der Waals surface area contributed by atoms with Gasteiger partial charge in [-0.25, -0.2) is 4.39 Å². The Morgan fingerprint density at radius 1 is 1.18 bits per heavy atom. The third kappa shape index (κ3) is 3.96. The highest BCUT2D eigenvalue weighted by Gasteiger charge is 2.51. The van der Waals surface area contributed by atoms with E-state index >= 15 is 4.39 Å². The zero-order valence-corrected chi connectivity index (χ0v) is 18.4. The summed E-state index contributed by atoms with van der Waals surface area (Å²) < 4.78 is 27.4. The third-order valence-electron chi connectivity index (χ3n) is 6.54. The van der Waals surface area contributed by atoms with E-state index in [4.69, 9.17) is 9.26 Å². The minimum absolute atomic E-state index is 0.0836. The molecule has 0 radical (unpaired) electrons. The number of hydrogen-bond acceptors (Lipinski definition) is 7. The number of amides is 1. The van der Waals surface area contributed by atoms with E-state index in [1.807, 2.05) is 23.1 Å². The molecule has 1 amide bonds. The Balaban J connectivity index is 1.41. The van der Waals surface area contributed by atoms with E-state index in [1.54, 1.807) is 18.2 Å². The smallest absolute Gasteiger partial charge is 0.240 e. The molecule has 2 aromatic rings. The number of aromatic nitrogens is 1. The van der Waals surface area contributed by atoms with Gasteiger partial charge in [0.2, 0.25) is 11.6 Å². The predicted octanol–water partition coefficient (Wildman–Crippen LogP) is 1.84. The van der Waals surface area contributed by atoms with Crippen LogP contribution in [-0.2, 0) is 15.2 Å². The van der Waals surface area contributed by atoms with Crippen LogP contribution >= 0.6 is 0 Å². The van der Waals surface area contributed by atoms with Gasteiger partial charge in [0.25, 0.3) is 0 Å². The second-order valence-corrected chi connectivity index (χ2v) is 8.63. The van der Waals surface area contributed by atoms with Crippen molar-refractivity contribution in [3.05, 3.63) is 65.6 Å². The fraction of sp³-hybridized carbons (Fsp3) is 0.417. The summed E-state index contributed by atoms with van der Waals surface area (Å²) in [7, 11) is 0. The molecule has 1 aromatic carbocycles. The van der Waals surface area contributed by atoms with Crippen LogP contribution in [0.25, 0.3) is 5.57 Å². The number of allylic oxidation sites excluding steroid dienone is 2. The predicted molar refractivity (Wildman–Crippen MR) is 120 cm³/mol. The Bertz CT molecular complexity index is 1070. The molecule has 9 heteroatoms. The standard InChI is InChI=1S/C24H27FN4O4/c1-16(30)26-20-8-7-19(17-5-3-2-4-6-17)23(31)24(20,25)21-13-22(27-33-21)29-11-9-28(10-12-29)18-14-32-15-18/h2-8,13,18,23,31H,9-12,14-15H2,1H3,(H,26,30). The summed E-state index contributed by atoms with van der Waals surface area (Å²) in [5.41, 5.74) is -1.51. The number of nitrogens with zero attached hydrogens (tertiary/aromatic N) is 3. The van der Waals surface area contributed by atoms with Gasteiger partial charge < -0.3 is 24.6 Å². The normalized spacial score (nSPS) is 26.4. The Labute approximate surface area is 191 Å². The van der Waals surface area contributed by atoms with Gasteiger partial charge in [-0.1, -0.05) is 41.6 Å². The highest BCUT2D eigenvalue weighted by molar-refractivity contribution is 5.79. The molecule has 3 heterocycles. The molecule has 2 N–H and O–H groups in total. The average Bonchev–Trinajstić information content (AvgIpc) is 3.28. The summed E-state index contributed by atoms with van der Waals surface area (Å²) in [6, 6.07) is 11.1. The summed E-state index contributed by atoms with van der Waals surface area (Å²) in [5, 5.41) is 17.8. The lowest BCUT2D eigenvalue weighted by molar-refractivity contribution is -0.119. The van der Waals surface area contributed by atoms with E-state index in [-0.39, 0.29) is 11.5 Å². The topological polar surface area (TPSA) is 91.1 Å². The molecule has 1 aliphatic carbocycles. The largest absolute Gasteiger partial charge is 0.384 e. The molecule has 3 aliphatic rings. The van der Waals surface area contributed by atoms with Gasteiger partial charge in [-0.05, 0) is 17.2 Å². The van der Waals surface area contributed by atoms with Gasteiger partial charge in [0.05, 0.1) is 25.0 Å². The Morgan fingerprint density at radius 3 is 2.55 bits per heavy atom. The molecule has 2 saturated heterocycles. The first kappa shape index (κ1) is 21.8. The summed E-state index contributed by atoms with van der Waals surface area (Å²) in [4.78, 5) is 16.2. The molecular weight excluding hydrogens is 427 g/mol. The lowest BCUT2D eigenvalue weighted by atomic mass is 9.80. The summed E-state index contributed by atoms with van der Waals surface area (Å²) >= 11 is 0. The first-order chi connectivity index (χ1) is 16.0. The number of rotatable bonds is 5. The minimum atomic E-state index is -2.50.